The zero-order valence-electron chi connectivity index (χ0n) is 9.34. The van der Waals surface area contributed by atoms with Crippen molar-refractivity contribution in [3.05, 3.63) is 0 Å². The Labute approximate surface area is 85.8 Å². The summed E-state index contributed by atoms with van der Waals surface area (Å²) in [5.41, 5.74) is 0.117. The Balaban J connectivity index is 1.93. The van der Waals surface area contributed by atoms with Gasteiger partial charge in [-0.25, -0.2) is 0 Å². The first-order chi connectivity index (χ1) is 6.46. The highest BCUT2D eigenvalue weighted by Gasteiger charge is 2.40. The molecule has 0 aliphatic carbocycles. The average molecular weight is 196 g/mol. The molecule has 2 aliphatic rings. The molecule has 2 rings (SSSR count). The van der Waals surface area contributed by atoms with Gasteiger partial charge in [-0.15, -0.1) is 0 Å². The lowest BCUT2D eigenvalue weighted by molar-refractivity contribution is -0.134. The third kappa shape index (κ3) is 1.92. The van der Waals surface area contributed by atoms with Crippen LogP contribution >= 0.6 is 0 Å². The second kappa shape index (κ2) is 3.23. The predicted molar refractivity (Wildman–Crippen MR) is 56.0 cm³/mol. The minimum absolute atomic E-state index is 0.117. The Hall–Kier alpha value is -0.570. The maximum atomic E-state index is 11.9. The number of piperazine rings is 1. The van der Waals surface area contributed by atoms with Gasteiger partial charge in [0.1, 0.15) is 0 Å². The van der Waals surface area contributed by atoms with Crippen molar-refractivity contribution < 1.29 is 4.79 Å². The van der Waals surface area contributed by atoms with Crippen molar-refractivity contribution >= 4 is 5.91 Å². The molecule has 14 heavy (non-hydrogen) atoms. The molecule has 2 atom stereocenters. The van der Waals surface area contributed by atoms with Gasteiger partial charge in [-0.2, -0.15) is 0 Å². The Morgan fingerprint density at radius 3 is 2.64 bits per heavy atom. The fourth-order valence-corrected chi connectivity index (χ4v) is 2.42. The quantitative estimate of drug-likeness (QED) is 0.678. The average Bonchev–Trinajstić information content (AvgIpc) is 2.59. The highest BCUT2D eigenvalue weighted by atomic mass is 16.2. The van der Waals surface area contributed by atoms with E-state index in [1.807, 2.05) is 0 Å². The molecule has 0 aromatic carbocycles. The molecular weight excluding hydrogens is 176 g/mol. The largest absolute Gasteiger partial charge is 0.337 e. The van der Waals surface area contributed by atoms with Crippen molar-refractivity contribution in [2.75, 3.05) is 13.1 Å². The zero-order valence-corrected chi connectivity index (χ0v) is 9.34. The summed E-state index contributed by atoms with van der Waals surface area (Å²) in [6.45, 7) is 8.30. The summed E-state index contributed by atoms with van der Waals surface area (Å²) in [4.78, 5) is 14.0. The molecule has 2 aliphatic heterocycles. The first kappa shape index (κ1) is 9.97. The van der Waals surface area contributed by atoms with Crippen LogP contribution in [0.4, 0.5) is 0 Å². The van der Waals surface area contributed by atoms with Crippen molar-refractivity contribution in [1.82, 2.24) is 10.2 Å². The zero-order chi connectivity index (χ0) is 10.3. The number of hydrogen-bond donors (Lipinski definition) is 1. The molecule has 0 radical (unpaired) electrons. The van der Waals surface area contributed by atoms with E-state index in [1.165, 1.54) is 0 Å². The lowest BCUT2D eigenvalue weighted by atomic mass is 9.91. The Morgan fingerprint density at radius 1 is 1.50 bits per heavy atom. The summed E-state index contributed by atoms with van der Waals surface area (Å²) in [7, 11) is 0. The van der Waals surface area contributed by atoms with E-state index in [0.29, 0.717) is 24.4 Å². The van der Waals surface area contributed by atoms with Crippen LogP contribution in [0.15, 0.2) is 0 Å². The van der Waals surface area contributed by atoms with Crippen molar-refractivity contribution in [2.24, 2.45) is 5.41 Å². The van der Waals surface area contributed by atoms with Gasteiger partial charge >= 0.3 is 0 Å². The van der Waals surface area contributed by atoms with Gasteiger partial charge in [0.2, 0.25) is 5.91 Å². The molecule has 0 aromatic rings. The number of carbonyl (C=O) groups excluding carboxylic acids is 1. The van der Waals surface area contributed by atoms with Crippen molar-refractivity contribution in [1.29, 1.82) is 0 Å². The van der Waals surface area contributed by atoms with Crippen LogP contribution in [0.5, 0.6) is 0 Å². The molecule has 1 amide bonds. The molecule has 0 spiro atoms. The van der Waals surface area contributed by atoms with Gasteiger partial charge in [0.15, 0.2) is 0 Å². The van der Waals surface area contributed by atoms with E-state index in [0.717, 1.165) is 19.5 Å². The molecule has 80 valence electrons. The molecule has 3 nitrogen and oxygen atoms in total. The first-order valence-corrected chi connectivity index (χ1v) is 5.48. The van der Waals surface area contributed by atoms with Crippen LogP contribution < -0.4 is 5.32 Å². The van der Waals surface area contributed by atoms with Crippen LogP contribution in [0.2, 0.25) is 0 Å². The molecule has 2 fully saturated rings. The third-order valence-corrected chi connectivity index (χ3v) is 3.06. The van der Waals surface area contributed by atoms with Gasteiger partial charge in [0.05, 0.1) is 0 Å². The van der Waals surface area contributed by atoms with Crippen LogP contribution in [0.3, 0.4) is 0 Å². The molecule has 1 N–H and O–H groups in total. The van der Waals surface area contributed by atoms with Crippen LogP contribution in [0.25, 0.3) is 0 Å². The first-order valence-electron chi connectivity index (χ1n) is 5.48. The SMILES string of the molecule is CC(C)(C)CC(=O)N1C[C@@H]2C[C@H]1CN2. The number of fused-ring (bicyclic) bond motifs is 2. The molecule has 2 saturated heterocycles. The lowest BCUT2D eigenvalue weighted by Gasteiger charge is -2.30. The number of nitrogens with zero attached hydrogens (tertiary/aromatic N) is 1. The summed E-state index contributed by atoms with van der Waals surface area (Å²) >= 11 is 0. The Morgan fingerprint density at radius 2 is 2.21 bits per heavy atom. The number of likely N-dealkylation sites (tertiary alicyclic amines) is 1. The van der Waals surface area contributed by atoms with Gasteiger partial charge in [-0.1, -0.05) is 20.8 Å². The van der Waals surface area contributed by atoms with Gasteiger partial charge in [0.25, 0.3) is 0 Å². The highest BCUT2D eigenvalue weighted by molar-refractivity contribution is 5.77. The van der Waals surface area contributed by atoms with E-state index in [2.05, 4.69) is 31.0 Å². The molecule has 3 heteroatoms. The van der Waals surface area contributed by atoms with Gasteiger partial charge < -0.3 is 10.2 Å². The monoisotopic (exact) mass is 196 g/mol. The van der Waals surface area contributed by atoms with E-state index >= 15 is 0 Å². The number of amides is 1. The molecule has 0 saturated carbocycles. The molecule has 0 unspecified atom stereocenters. The molecule has 2 bridgehead atoms. The lowest BCUT2D eigenvalue weighted by Crippen LogP contribution is -2.47. The minimum atomic E-state index is 0.117. The third-order valence-electron chi connectivity index (χ3n) is 3.06. The summed E-state index contributed by atoms with van der Waals surface area (Å²) in [5.74, 6) is 0.339. The van der Waals surface area contributed by atoms with Crippen molar-refractivity contribution in [3.63, 3.8) is 0 Å². The van der Waals surface area contributed by atoms with Crippen molar-refractivity contribution in [3.8, 4) is 0 Å². The van der Waals surface area contributed by atoms with Crippen LogP contribution in [-0.2, 0) is 4.79 Å². The summed E-state index contributed by atoms with van der Waals surface area (Å²) in [6, 6.07) is 1.05. The Kier molecular flexibility index (Phi) is 2.30. The van der Waals surface area contributed by atoms with Crippen molar-refractivity contribution in [2.45, 2.75) is 45.7 Å². The van der Waals surface area contributed by atoms with E-state index < -0.39 is 0 Å². The van der Waals surface area contributed by atoms with E-state index in [1.54, 1.807) is 0 Å². The fraction of sp³-hybridized carbons (Fsp3) is 0.909. The van der Waals surface area contributed by atoms with Crippen LogP contribution in [0.1, 0.15) is 33.6 Å². The minimum Gasteiger partial charge on any atom is -0.337 e. The van der Waals surface area contributed by atoms with Gasteiger partial charge in [-0.05, 0) is 11.8 Å². The van der Waals surface area contributed by atoms with E-state index in [9.17, 15) is 4.79 Å². The number of hydrogen-bond acceptors (Lipinski definition) is 2. The second-order valence-corrected chi connectivity index (χ2v) is 5.78. The Bertz CT molecular complexity index is 244. The van der Waals surface area contributed by atoms with E-state index in [-0.39, 0.29) is 5.41 Å². The maximum absolute atomic E-state index is 11.9. The normalized spacial score (nSPS) is 31.2. The fourth-order valence-electron chi connectivity index (χ4n) is 2.42. The molecular formula is C11H20N2O. The maximum Gasteiger partial charge on any atom is 0.223 e. The highest BCUT2D eigenvalue weighted by Crippen LogP contribution is 2.27. The van der Waals surface area contributed by atoms with Gasteiger partial charge in [0, 0.05) is 31.6 Å². The van der Waals surface area contributed by atoms with Crippen LogP contribution in [0, 0.1) is 5.41 Å². The number of rotatable bonds is 1. The second-order valence-electron chi connectivity index (χ2n) is 5.78. The number of carbonyl (C=O) groups is 1. The van der Waals surface area contributed by atoms with Gasteiger partial charge in [-0.3, -0.25) is 4.79 Å². The smallest absolute Gasteiger partial charge is 0.223 e. The standard InChI is InChI=1S/C11H20N2O/c1-11(2,3)5-10(14)13-7-8-4-9(13)6-12-8/h8-9,12H,4-7H2,1-3H3/t8-,9-/m0/s1. The number of nitrogens with one attached hydrogen (secondary N) is 1. The summed E-state index contributed by atoms with van der Waals surface area (Å²) < 4.78 is 0. The molecule has 0 aromatic heterocycles. The van der Waals surface area contributed by atoms with Crippen LogP contribution in [-0.4, -0.2) is 36.0 Å². The summed E-state index contributed by atoms with van der Waals surface area (Å²) in [6.07, 6.45) is 1.84. The molecule has 2 heterocycles. The summed E-state index contributed by atoms with van der Waals surface area (Å²) in [5, 5.41) is 3.41. The predicted octanol–water partition coefficient (Wildman–Crippen LogP) is 0.995. The topological polar surface area (TPSA) is 32.3 Å². The van der Waals surface area contributed by atoms with E-state index in [4.69, 9.17) is 0 Å².